The van der Waals surface area contributed by atoms with Gasteiger partial charge in [0.15, 0.2) is 0 Å². The van der Waals surface area contributed by atoms with E-state index in [-0.39, 0.29) is 6.61 Å². The van der Waals surface area contributed by atoms with E-state index in [1.165, 1.54) is 6.33 Å². The Morgan fingerprint density at radius 1 is 1.67 bits per heavy atom. The Morgan fingerprint density at radius 2 is 2.40 bits per heavy atom. The molecule has 0 saturated carbocycles. The zero-order valence-corrected chi connectivity index (χ0v) is 9.77. The molecule has 2 rings (SSSR count). The van der Waals surface area contributed by atoms with Crippen molar-refractivity contribution >= 4 is 27.0 Å². The summed E-state index contributed by atoms with van der Waals surface area (Å²) in [5, 5.41) is 9.95. The summed E-state index contributed by atoms with van der Waals surface area (Å²) in [6, 6.07) is -0.422. The highest BCUT2D eigenvalue weighted by atomic mass is 79.9. The van der Waals surface area contributed by atoms with Crippen molar-refractivity contribution in [2.24, 2.45) is 12.8 Å². The summed E-state index contributed by atoms with van der Waals surface area (Å²) in [7, 11) is 1.88. The maximum Gasteiger partial charge on any atom is 0.144 e. The molecule has 0 amide bonds. The molecule has 0 aromatic carbocycles. The molecule has 0 bridgehead atoms. The number of rotatable bonds is 2. The van der Waals surface area contributed by atoms with E-state index in [1.54, 1.807) is 6.20 Å². The van der Waals surface area contributed by atoms with E-state index >= 15 is 0 Å². The molecule has 2 aromatic heterocycles. The molecular weight excluding hydrogens is 260 g/mol. The first-order valence-electron chi connectivity index (χ1n) is 4.47. The van der Waals surface area contributed by atoms with Crippen LogP contribution in [-0.2, 0) is 7.05 Å². The van der Waals surface area contributed by atoms with Crippen molar-refractivity contribution in [3.8, 4) is 0 Å². The van der Waals surface area contributed by atoms with Crippen LogP contribution in [0.25, 0.3) is 11.0 Å². The molecule has 0 spiro atoms. The summed E-state index contributed by atoms with van der Waals surface area (Å²) in [4.78, 5) is 8.13. The molecule has 2 heterocycles. The van der Waals surface area contributed by atoms with Gasteiger partial charge in [0.1, 0.15) is 12.0 Å². The fraction of sp³-hybridized carbons (Fsp3) is 0.333. The number of halogens is 1. The average Bonchev–Trinajstić information content (AvgIpc) is 2.52. The summed E-state index contributed by atoms with van der Waals surface area (Å²) in [6.45, 7) is -0.105. The maximum absolute atomic E-state index is 9.09. The van der Waals surface area contributed by atoms with E-state index in [9.17, 15) is 0 Å². The van der Waals surface area contributed by atoms with Gasteiger partial charge >= 0.3 is 0 Å². The Hall–Kier alpha value is -0.980. The minimum Gasteiger partial charge on any atom is -0.394 e. The molecule has 2 aromatic rings. The van der Waals surface area contributed by atoms with E-state index in [1.807, 2.05) is 11.6 Å². The molecule has 0 fully saturated rings. The molecule has 6 heteroatoms. The Kier molecular flexibility index (Phi) is 2.72. The van der Waals surface area contributed by atoms with Crippen molar-refractivity contribution < 1.29 is 5.11 Å². The van der Waals surface area contributed by atoms with Gasteiger partial charge in [-0.2, -0.15) is 0 Å². The van der Waals surface area contributed by atoms with E-state index in [0.717, 1.165) is 21.2 Å². The first-order chi connectivity index (χ1) is 7.16. The van der Waals surface area contributed by atoms with Crippen LogP contribution in [-0.4, -0.2) is 26.2 Å². The molecule has 0 aliphatic heterocycles. The van der Waals surface area contributed by atoms with Gasteiger partial charge in [0.25, 0.3) is 0 Å². The molecule has 0 aliphatic rings. The lowest BCUT2D eigenvalue weighted by Gasteiger charge is -2.07. The quantitative estimate of drug-likeness (QED) is 0.843. The third-order valence-corrected chi connectivity index (χ3v) is 3.34. The van der Waals surface area contributed by atoms with Crippen molar-refractivity contribution in [3.63, 3.8) is 0 Å². The van der Waals surface area contributed by atoms with Crippen LogP contribution in [0, 0.1) is 0 Å². The number of aryl methyl sites for hydroxylation is 1. The number of hydrogen-bond acceptors (Lipinski definition) is 4. The van der Waals surface area contributed by atoms with Crippen molar-refractivity contribution in [1.29, 1.82) is 0 Å². The van der Waals surface area contributed by atoms with Crippen molar-refractivity contribution in [1.82, 2.24) is 14.5 Å². The van der Waals surface area contributed by atoms with Gasteiger partial charge in [-0.15, -0.1) is 0 Å². The number of aromatic nitrogens is 3. The Morgan fingerprint density at radius 3 is 3.07 bits per heavy atom. The minimum atomic E-state index is -0.422. The number of aliphatic hydroxyl groups is 1. The van der Waals surface area contributed by atoms with Crippen LogP contribution in [0.3, 0.4) is 0 Å². The van der Waals surface area contributed by atoms with Gasteiger partial charge in [-0.3, -0.25) is 0 Å². The molecule has 5 nitrogen and oxygen atoms in total. The monoisotopic (exact) mass is 270 g/mol. The first kappa shape index (κ1) is 10.5. The normalized spacial score (nSPS) is 13.3. The highest BCUT2D eigenvalue weighted by molar-refractivity contribution is 9.10. The number of nitrogens with two attached hydrogens (primary N) is 1. The van der Waals surface area contributed by atoms with Crippen molar-refractivity contribution in [3.05, 3.63) is 22.7 Å². The minimum absolute atomic E-state index is 0.105. The largest absolute Gasteiger partial charge is 0.394 e. The first-order valence-corrected chi connectivity index (χ1v) is 5.26. The van der Waals surface area contributed by atoms with Gasteiger partial charge in [0.2, 0.25) is 0 Å². The SMILES string of the molecule is Cn1c(Br)c(C(N)CO)c2cncnc21. The van der Waals surface area contributed by atoms with Gasteiger partial charge in [-0.1, -0.05) is 0 Å². The van der Waals surface area contributed by atoms with Crippen LogP contribution in [0.4, 0.5) is 0 Å². The number of fused-ring (bicyclic) bond motifs is 1. The van der Waals surface area contributed by atoms with Crippen LogP contribution in [0.5, 0.6) is 0 Å². The molecule has 0 radical (unpaired) electrons. The molecular formula is C9H11BrN4O. The predicted octanol–water partition coefficient (Wildman–Crippen LogP) is 0.723. The molecule has 80 valence electrons. The lowest BCUT2D eigenvalue weighted by Crippen LogP contribution is -2.14. The number of aliphatic hydroxyl groups excluding tert-OH is 1. The van der Waals surface area contributed by atoms with Gasteiger partial charge in [-0.25, -0.2) is 9.97 Å². The Labute approximate surface area is 95.1 Å². The summed E-state index contributed by atoms with van der Waals surface area (Å²) in [6.07, 6.45) is 3.20. The van der Waals surface area contributed by atoms with Crippen LogP contribution < -0.4 is 5.73 Å². The average molecular weight is 271 g/mol. The van der Waals surface area contributed by atoms with Crippen LogP contribution in [0.2, 0.25) is 0 Å². The molecule has 1 atom stereocenters. The fourth-order valence-corrected chi connectivity index (χ4v) is 2.28. The zero-order valence-electron chi connectivity index (χ0n) is 8.18. The van der Waals surface area contributed by atoms with E-state index in [4.69, 9.17) is 10.8 Å². The van der Waals surface area contributed by atoms with Crippen LogP contribution in [0.15, 0.2) is 17.1 Å². The predicted molar refractivity (Wildman–Crippen MR) is 60.2 cm³/mol. The van der Waals surface area contributed by atoms with Gasteiger partial charge in [-0.05, 0) is 15.9 Å². The fourth-order valence-electron chi connectivity index (χ4n) is 1.61. The van der Waals surface area contributed by atoms with Gasteiger partial charge in [0, 0.05) is 24.2 Å². The second-order valence-corrected chi connectivity index (χ2v) is 4.06. The Bertz CT molecular complexity index is 496. The molecule has 15 heavy (non-hydrogen) atoms. The second kappa shape index (κ2) is 3.88. The van der Waals surface area contributed by atoms with Gasteiger partial charge < -0.3 is 15.4 Å². The molecule has 0 saturated heterocycles. The summed E-state index contributed by atoms with van der Waals surface area (Å²) in [5.41, 5.74) is 7.47. The van der Waals surface area contributed by atoms with E-state index in [2.05, 4.69) is 25.9 Å². The van der Waals surface area contributed by atoms with Crippen molar-refractivity contribution in [2.45, 2.75) is 6.04 Å². The lowest BCUT2D eigenvalue weighted by molar-refractivity contribution is 0.268. The topological polar surface area (TPSA) is 77.0 Å². The molecule has 3 N–H and O–H groups in total. The van der Waals surface area contributed by atoms with E-state index < -0.39 is 6.04 Å². The van der Waals surface area contributed by atoms with Crippen LogP contribution >= 0.6 is 15.9 Å². The van der Waals surface area contributed by atoms with Crippen molar-refractivity contribution in [2.75, 3.05) is 6.61 Å². The van der Waals surface area contributed by atoms with E-state index in [0.29, 0.717) is 0 Å². The third kappa shape index (κ3) is 1.54. The highest BCUT2D eigenvalue weighted by Crippen LogP contribution is 2.31. The summed E-state index contributed by atoms with van der Waals surface area (Å²) >= 11 is 3.44. The lowest BCUT2D eigenvalue weighted by atomic mass is 10.1. The zero-order chi connectivity index (χ0) is 11.0. The Balaban J connectivity index is 2.77. The van der Waals surface area contributed by atoms with Gasteiger partial charge in [0.05, 0.1) is 17.3 Å². The number of nitrogens with zero attached hydrogens (tertiary/aromatic N) is 3. The maximum atomic E-state index is 9.09. The van der Waals surface area contributed by atoms with Crippen LogP contribution in [0.1, 0.15) is 11.6 Å². The molecule has 1 unspecified atom stereocenters. The second-order valence-electron chi connectivity index (χ2n) is 3.31. The third-order valence-electron chi connectivity index (χ3n) is 2.38. The smallest absolute Gasteiger partial charge is 0.144 e. The summed E-state index contributed by atoms with van der Waals surface area (Å²) < 4.78 is 2.71. The number of hydrogen-bond donors (Lipinski definition) is 2. The standard InChI is InChI=1S/C9H11BrN4O/c1-14-8(10)7(6(11)3-15)5-2-12-4-13-9(5)14/h2,4,6,15H,3,11H2,1H3. The highest BCUT2D eigenvalue weighted by Gasteiger charge is 2.18. The summed E-state index contributed by atoms with van der Waals surface area (Å²) in [5.74, 6) is 0. The molecule has 0 aliphatic carbocycles.